The van der Waals surface area contributed by atoms with Gasteiger partial charge < -0.3 is 18.7 Å². The number of carbonyl (C=O) groups is 1. The van der Waals surface area contributed by atoms with E-state index in [4.69, 9.17) is 18.7 Å². The molecule has 0 saturated carbocycles. The highest BCUT2D eigenvalue weighted by atomic mass is 16.6. The zero-order valence-electron chi connectivity index (χ0n) is 19.1. The van der Waals surface area contributed by atoms with Gasteiger partial charge >= 0.3 is 5.97 Å². The van der Waals surface area contributed by atoms with Gasteiger partial charge in [0.2, 0.25) is 5.76 Å². The average Bonchev–Trinajstić information content (AvgIpc) is 3.33. The van der Waals surface area contributed by atoms with Crippen LogP contribution in [0.5, 0.6) is 17.2 Å². The number of carbonyl (C=O) groups excluding carboxylic acids is 1. The molecule has 4 aromatic rings. The number of rotatable bonds is 9. The molecule has 0 aliphatic rings. The van der Waals surface area contributed by atoms with Crippen molar-refractivity contribution in [3.8, 4) is 28.5 Å². The predicted molar refractivity (Wildman–Crippen MR) is 127 cm³/mol. The number of aromatic nitrogens is 1. The first kappa shape index (κ1) is 23.5. The molecule has 0 atom stereocenters. The Hall–Kier alpha value is -4.66. The van der Waals surface area contributed by atoms with Gasteiger partial charge in [0.05, 0.1) is 17.1 Å². The lowest BCUT2D eigenvalue weighted by Gasteiger charge is -2.16. The number of ether oxygens (including phenoxy) is 3. The number of nitrogens with zero attached hydrogens (tertiary/aromatic N) is 2. The third kappa shape index (κ3) is 5.64. The van der Waals surface area contributed by atoms with Crippen LogP contribution in [-0.2, 0) is 11.3 Å². The van der Waals surface area contributed by atoms with Crippen molar-refractivity contribution in [2.24, 2.45) is 0 Å². The van der Waals surface area contributed by atoms with E-state index in [1.807, 2.05) is 43.3 Å². The Morgan fingerprint density at radius 2 is 1.74 bits per heavy atom. The molecule has 0 aliphatic carbocycles. The van der Waals surface area contributed by atoms with E-state index < -0.39 is 10.9 Å². The molecule has 9 nitrogen and oxygen atoms in total. The van der Waals surface area contributed by atoms with Crippen molar-refractivity contribution in [1.82, 2.24) is 5.16 Å². The van der Waals surface area contributed by atoms with Crippen LogP contribution >= 0.6 is 0 Å². The van der Waals surface area contributed by atoms with Crippen molar-refractivity contribution in [3.63, 3.8) is 0 Å². The largest absolute Gasteiger partial charge is 0.488 e. The number of nitro groups is 1. The molecule has 9 heteroatoms. The molecule has 178 valence electrons. The standard InChI is InChI=1S/C26H22N2O7/c1-3-32-26(29)24-15-21(27-35-24)25-22(33-16-18-7-5-4-6-8-18)13-17(2)14-23(25)34-20-11-9-19(10-12-20)28(30)31/h4-15H,3,16H2,1-2H3. The minimum absolute atomic E-state index is 0.0516. The molecule has 1 heterocycles. The molecule has 3 aromatic carbocycles. The van der Waals surface area contributed by atoms with Crippen molar-refractivity contribution in [2.45, 2.75) is 20.5 Å². The molecular weight excluding hydrogens is 452 g/mol. The topological polar surface area (TPSA) is 114 Å². The molecule has 0 spiro atoms. The molecule has 0 N–H and O–H groups in total. The number of hydrogen-bond donors (Lipinski definition) is 0. The summed E-state index contributed by atoms with van der Waals surface area (Å²) >= 11 is 0. The molecule has 1 aromatic heterocycles. The Morgan fingerprint density at radius 1 is 1.03 bits per heavy atom. The molecule has 0 saturated heterocycles. The molecule has 0 aliphatic heterocycles. The molecule has 0 amide bonds. The van der Waals surface area contributed by atoms with E-state index in [1.54, 1.807) is 13.0 Å². The van der Waals surface area contributed by atoms with Gasteiger partial charge in [-0.3, -0.25) is 10.1 Å². The Bertz CT molecular complexity index is 1330. The molecule has 35 heavy (non-hydrogen) atoms. The fraction of sp³-hybridized carbons (Fsp3) is 0.154. The highest BCUT2D eigenvalue weighted by Gasteiger charge is 2.22. The van der Waals surface area contributed by atoms with Crippen LogP contribution in [0.2, 0.25) is 0 Å². The summed E-state index contributed by atoms with van der Waals surface area (Å²) in [6.07, 6.45) is 0. The zero-order valence-corrected chi connectivity index (χ0v) is 19.1. The van der Waals surface area contributed by atoms with E-state index in [-0.39, 0.29) is 24.7 Å². The Kier molecular flexibility index (Phi) is 7.06. The second-order valence-electron chi connectivity index (χ2n) is 7.56. The summed E-state index contributed by atoms with van der Waals surface area (Å²) in [5, 5.41) is 15.0. The maximum absolute atomic E-state index is 12.1. The van der Waals surface area contributed by atoms with Crippen molar-refractivity contribution in [1.29, 1.82) is 0 Å². The molecule has 0 fully saturated rings. The fourth-order valence-corrected chi connectivity index (χ4v) is 3.36. The molecule has 0 bridgehead atoms. The molecule has 0 radical (unpaired) electrons. The first-order chi connectivity index (χ1) is 16.9. The first-order valence-corrected chi connectivity index (χ1v) is 10.8. The number of esters is 1. The van der Waals surface area contributed by atoms with Gasteiger partial charge in [0.1, 0.15) is 29.5 Å². The number of hydrogen-bond acceptors (Lipinski definition) is 8. The van der Waals surface area contributed by atoms with E-state index in [0.717, 1.165) is 11.1 Å². The van der Waals surface area contributed by atoms with Gasteiger partial charge in [-0.25, -0.2) is 4.79 Å². The summed E-state index contributed by atoms with van der Waals surface area (Å²) < 4.78 is 22.4. The lowest BCUT2D eigenvalue weighted by Crippen LogP contribution is -2.02. The van der Waals surface area contributed by atoms with Gasteiger partial charge in [-0.05, 0) is 49.2 Å². The summed E-state index contributed by atoms with van der Waals surface area (Å²) in [5.41, 5.74) is 2.54. The monoisotopic (exact) mass is 474 g/mol. The SMILES string of the molecule is CCOC(=O)c1cc(-c2c(OCc3ccccc3)cc(C)cc2Oc2ccc([N+](=O)[O-])cc2)no1. The quantitative estimate of drug-likeness (QED) is 0.162. The highest BCUT2D eigenvalue weighted by Crippen LogP contribution is 2.42. The van der Waals surface area contributed by atoms with E-state index in [0.29, 0.717) is 28.5 Å². The van der Waals surface area contributed by atoms with Gasteiger partial charge in [0, 0.05) is 18.2 Å². The van der Waals surface area contributed by atoms with Crippen LogP contribution in [0.3, 0.4) is 0 Å². The number of benzene rings is 3. The minimum Gasteiger partial charge on any atom is -0.488 e. The summed E-state index contributed by atoms with van der Waals surface area (Å²) in [7, 11) is 0. The van der Waals surface area contributed by atoms with Gasteiger partial charge in [0.25, 0.3) is 5.69 Å². The van der Waals surface area contributed by atoms with Crippen molar-refractivity contribution in [3.05, 3.63) is 99.8 Å². The second-order valence-corrected chi connectivity index (χ2v) is 7.56. The predicted octanol–water partition coefficient (Wildman–Crippen LogP) is 6.11. The van der Waals surface area contributed by atoms with Gasteiger partial charge in [0.15, 0.2) is 0 Å². The van der Waals surface area contributed by atoms with Crippen LogP contribution in [0, 0.1) is 17.0 Å². The van der Waals surface area contributed by atoms with Gasteiger partial charge in [-0.1, -0.05) is 35.5 Å². The fourth-order valence-electron chi connectivity index (χ4n) is 3.36. The Balaban J connectivity index is 1.74. The van der Waals surface area contributed by atoms with Crippen LogP contribution < -0.4 is 9.47 Å². The summed E-state index contributed by atoms with van der Waals surface area (Å²) in [6.45, 7) is 4.06. The third-order valence-corrected chi connectivity index (χ3v) is 4.97. The highest BCUT2D eigenvalue weighted by molar-refractivity contribution is 5.88. The van der Waals surface area contributed by atoms with E-state index in [2.05, 4.69) is 5.16 Å². The average molecular weight is 474 g/mol. The smallest absolute Gasteiger partial charge is 0.377 e. The number of aryl methyl sites for hydroxylation is 1. The van der Waals surface area contributed by atoms with Crippen molar-refractivity contribution >= 4 is 11.7 Å². The van der Waals surface area contributed by atoms with Crippen LogP contribution in [0.15, 0.2) is 77.3 Å². The van der Waals surface area contributed by atoms with Crippen LogP contribution in [0.4, 0.5) is 5.69 Å². The van der Waals surface area contributed by atoms with Crippen LogP contribution in [0.1, 0.15) is 28.6 Å². The number of non-ortho nitro benzene ring substituents is 1. The normalized spacial score (nSPS) is 10.6. The summed E-state index contributed by atoms with van der Waals surface area (Å²) in [5.74, 6) is 0.534. The lowest BCUT2D eigenvalue weighted by molar-refractivity contribution is -0.384. The van der Waals surface area contributed by atoms with Gasteiger partial charge in [-0.15, -0.1) is 0 Å². The minimum atomic E-state index is -0.636. The lowest BCUT2D eigenvalue weighted by atomic mass is 10.1. The molecule has 4 rings (SSSR count). The maximum Gasteiger partial charge on any atom is 0.377 e. The Morgan fingerprint density at radius 3 is 2.43 bits per heavy atom. The summed E-state index contributed by atoms with van der Waals surface area (Å²) in [4.78, 5) is 22.6. The van der Waals surface area contributed by atoms with Crippen LogP contribution in [-0.4, -0.2) is 22.7 Å². The Labute approximate surface area is 201 Å². The zero-order chi connectivity index (χ0) is 24.8. The summed E-state index contributed by atoms with van der Waals surface area (Å²) in [6, 6.07) is 20.4. The van der Waals surface area contributed by atoms with Crippen molar-refractivity contribution < 1.29 is 28.5 Å². The van der Waals surface area contributed by atoms with Crippen LogP contribution in [0.25, 0.3) is 11.3 Å². The maximum atomic E-state index is 12.1. The second kappa shape index (κ2) is 10.5. The van der Waals surface area contributed by atoms with Crippen molar-refractivity contribution in [2.75, 3.05) is 6.61 Å². The number of nitro benzene ring substituents is 1. The molecular formula is C26H22N2O7. The van der Waals surface area contributed by atoms with E-state index in [9.17, 15) is 14.9 Å². The van der Waals surface area contributed by atoms with E-state index in [1.165, 1.54) is 30.3 Å². The third-order valence-electron chi connectivity index (χ3n) is 4.97. The van der Waals surface area contributed by atoms with E-state index >= 15 is 0 Å². The van der Waals surface area contributed by atoms with Gasteiger partial charge in [-0.2, -0.15) is 0 Å². The first-order valence-electron chi connectivity index (χ1n) is 10.8. The molecule has 0 unspecified atom stereocenters.